The van der Waals surface area contributed by atoms with E-state index in [-0.39, 0.29) is 0 Å². The molecule has 5 nitrogen and oxygen atoms in total. The van der Waals surface area contributed by atoms with E-state index in [0.717, 1.165) is 24.6 Å². The number of nitrogens with one attached hydrogen (secondary N) is 1. The highest BCUT2D eigenvalue weighted by Gasteiger charge is 2.16. The van der Waals surface area contributed by atoms with Crippen molar-refractivity contribution in [2.24, 2.45) is 0 Å². The molecular weight excluding hydrogens is 216 g/mol. The van der Waals surface area contributed by atoms with Crippen LogP contribution in [0.3, 0.4) is 0 Å². The summed E-state index contributed by atoms with van der Waals surface area (Å²) in [6, 6.07) is 0. The zero-order valence-corrected chi connectivity index (χ0v) is 11.1. The molecule has 0 aliphatic carbocycles. The van der Waals surface area contributed by atoms with Crippen molar-refractivity contribution in [3.05, 3.63) is 12.4 Å². The number of hydrogen-bond donors (Lipinski definition) is 2. The van der Waals surface area contributed by atoms with Crippen molar-refractivity contribution in [3.63, 3.8) is 0 Å². The molecule has 0 saturated carbocycles. The van der Waals surface area contributed by atoms with E-state index in [2.05, 4.69) is 22.2 Å². The average Bonchev–Trinajstić information content (AvgIpc) is 2.24. The van der Waals surface area contributed by atoms with Crippen molar-refractivity contribution in [1.29, 1.82) is 0 Å². The van der Waals surface area contributed by atoms with Crippen molar-refractivity contribution < 1.29 is 5.11 Å². The van der Waals surface area contributed by atoms with E-state index in [4.69, 9.17) is 0 Å². The van der Waals surface area contributed by atoms with Gasteiger partial charge in [-0.1, -0.05) is 6.92 Å². The summed E-state index contributed by atoms with van der Waals surface area (Å²) in [4.78, 5) is 10.5. The molecule has 0 bridgehead atoms. The monoisotopic (exact) mass is 238 g/mol. The Labute approximate surface area is 103 Å². The second-order valence-electron chi connectivity index (χ2n) is 4.86. The Morgan fingerprint density at radius 1 is 1.41 bits per heavy atom. The molecule has 0 amide bonds. The second-order valence-corrected chi connectivity index (χ2v) is 4.86. The van der Waals surface area contributed by atoms with E-state index in [0.29, 0.717) is 6.54 Å². The molecule has 0 fully saturated rings. The molecule has 17 heavy (non-hydrogen) atoms. The number of hydrogen-bond acceptors (Lipinski definition) is 5. The van der Waals surface area contributed by atoms with Crippen LogP contribution in [0.1, 0.15) is 27.2 Å². The van der Waals surface area contributed by atoms with E-state index in [9.17, 15) is 5.11 Å². The molecule has 0 aliphatic heterocycles. The molecule has 0 unspecified atom stereocenters. The van der Waals surface area contributed by atoms with Crippen LogP contribution < -0.4 is 10.2 Å². The van der Waals surface area contributed by atoms with Crippen LogP contribution in [0, 0.1) is 0 Å². The van der Waals surface area contributed by atoms with Gasteiger partial charge in [-0.2, -0.15) is 0 Å². The largest absolute Gasteiger partial charge is 0.389 e. The normalized spacial score (nSPS) is 11.4. The first-order chi connectivity index (χ1) is 7.92. The first-order valence-electron chi connectivity index (χ1n) is 5.92. The van der Waals surface area contributed by atoms with E-state index in [1.54, 1.807) is 26.2 Å². The summed E-state index contributed by atoms with van der Waals surface area (Å²) in [5, 5.41) is 12.9. The van der Waals surface area contributed by atoms with Gasteiger partial charge in [0.1, 0.15) is 11.6 Å². The summed E-state index contributed by atoms with van der Waals surface area (Å²) < 4.78 is 0. The maximum Gasteiger partial charge on any atom is 0.149 e. The summed E-state index contributed by atoms with van der Waals surface area (Å²) in [6.07, 6.45) is 4.45. The van der Waals surface area contributed by atoms with E-state index in [1.807, 2.05) is 11.9 Å². The molecule has 0 spiro atoms. The predicted molar refractivity (Wildman–Crippen MR) is 70.4 cm³/mol. The summed E-state index contributed by atoms with van der Waals surface area (Å²) in [5.74, 6) is 1.53. The van der Waals surface area contributed by atoms with Gasteiger partial charge in [-0.15, -0.1) is 0 Å². The van der Waals surface area contributed by atoms with Crippen molar-refractivity contribution in [2.75, 3.05) is 30.4 Å². The summed E-state index contributed by atoms with van der Waals surface area (Å²) in [5.41, 5.74) is -0.747. The minimum atomic E-state index is -0.747. The molecule has 1 rings (SSSR count). The van der Waals surface area contributed by atoms with Crippen molar-refractivity contribution in [3.8, 4) is 0 Å². The molecule has 5 heteroatoms. The van der Waals surface area contributed by atoms with Crippen molar-refractivity contribution in [2.45, 2.75) is 32.8 Å². The Morgan fingerprint density at radius 3 is 2.71 bits per heavy atom. The molecule has 0 aromatic carbocycles. The fourth-order valence-corrected chi connectivity index (χ4v) is 1.54. The Balaban J connectivity index is 2.70. The van der Waals surface area contributed by atoms with Gasteiger partial charge in [0.05, 0.1) is 18.0 Å². The van der Waals surface area contributed by atoms with Crippen LogP contribution in [0.4, 0.5) is 11.6 Å². The van der Waals surface area contributed by atoms with Crippen molar-refractivity contribution in [1.82, 2.24) is 9.97 Å². The van der Waals surface area contributed by atoms with Gasteiger partial charge in [-0.05, 0) is 20.3 Å². The fourth-order valence-electron chi connectivity index (χ4n) is 1.54. The maximum absolute atomic E-state index is 9.75. The molecule has 1 aromatic heterocycles. The number of anilines is 2. The number of rotatable bonds is 6. The van der Waals surface area contributed by atoms with Crippen LogP contribution in [-0.2, 0) is 0 Å². The third-order valence-corrected chi connectivity index (χ3v) is 2.19. The predicted octanol–water partition coefficient (Wildman–Crippen LogP) is 1.51. The highest BCUT2D eigenvalue weighted by molar-refractivity contribution is 5.43. The maximum atomic E-state index is 9.75. The number of aliphatic hydroxyl groups is 1. The standard InChI is InChI=1S/C12H22N4O/c1-5-6-14-10-7-13-8-11(15-10)16(4)9-12(2,3)17/h7-8,17H,5-6,9H2,1-4H3,(H,14,15). The zero-order valence-electron chi connectivity index (χ0n) is 11.1. The van der Waals surface area contributed by atoms with Crippen LogP contribution in [-0.4, -0.2) is 40.8 Å². The fraction of sp³-hybridized carbons (Fsp3) is 0.667. The number of nitrogens with zero attached hydrogens (tertiary/aromatic N) is 3. The molecule has 0 saturated heterocycles. The van der Waals surface area contributed by atoms with E-state index in [1.165, 1.54) is 0 Å². The minimum Gasteiger partial charge on any atom is -0.389 e. The third-order valence-electron chi connectivity index (χ3n) is 2.19. The Hall–Kier alpha value is -1.36. The van der Waals surface area contributed by atoms with Crippen LogP contribution in [0.25, 0.3) is 0 Å². The SMILES string of the molecule is CCCNc1cncc(N(C)CC(C)(C)O)n1. The van der Waals surface area contributed by atoms with Gasteiger partial charge in [0, 0.05) is 20.1 Å². The molecule has 2 N–H and O–H groups in total. The van der Waals surface area contributed by atoms with Crippen molar-refractivity contribution >= 4 is 11.6 Å². The van der Waals surface area contributed by atoms with Gasteiger partial charge in [-0.3, -0.25) is 4.98 Å². The molecule has 0 aliphatic rings. The van der Waals surface area contributed by atoms with Crippen LogP contribution >= 0.6 is 0 Å². The minimum absolute atomic E-state index is 0.513. The third kappa shape index (κ3) is 4.99. The van der Waals surface area contributed by atoms with Crippen LogP contribution in [0.15, 0.2) is 12.4 Å². The van der Waals surface area contributed by atoms with Gasteiger partial charge >= 0.3 is 0 Å². The lowest BCUT2D eigenvalue weighted by Gasteiger charge is -2.26. The van der Waals surface area contributed by atoms with E-state index < -0.39 is 5.60 Å². The Morgan fingerprint density at radius 2 is 2.12 bits per heavy atom. The lowest BCUT2D eigenvalue weighted by atomic mass is 10.1. The molecule has 0 atom stereocenters. The highest BCUT2D eigenvalue weighted by Crippen LogP contribution is 2.13. The second kappa shape index (κ2) is 5.82. The molecule has 1 heterocycles. The lowest BCUT2D eigenvalue weighted by Crippen LogP contribution is -2.36. The van der Waals surface area contributed by atoms with Gasteiger partial charge in [0.25, 0.3) is 0 Å². The lowest BCUT2D eigenvalue weighted by molar-refractivity contribution is 0.0884. The summed E-state index contributed by atoms with van der Waals surface area (Å²) in [7, 11) is 1.89. The zero-order chi connectivity index (χ0) is 12.9. The first kappa shape index (κ1) is 13.7. The Bertz CT molecular complexity index is 349. The Kier molecular flexibility index (Phi) is 4.69. The van der Waals surface area contributed by atoms with Gasteiger partial charge in [0.2, 0.25) is 0 Å². The van der Waals surface area contributed by atoms with Crippen LogP contribution in [0.2, 0.25) is 0 Å². The topological polar surface area (TPSA) is 61.3 Å². The van der Waals surface area contributed by atoms with Gasteiger partial charge < -0.3 is 15.3 Å². The van der Waals surface area contributed by atoms with E-state index >= 15 is 0 Å². The quantitative estimate of drug-likeness (QED) is 0.786. The highest BCUT2D eigenvalue weighted by atomic mass is 16.3. The molecular formula is C12H22N4O. The molecule has 1 aromatic rings. The summed E-state index contributed by atoms with van der Waals surface area (Å²) >= 11 is 0. The average molecular weight is 238 g/mol. The molecule has 0 radical (unpaired) electrons. The summed E-state index contributed by atoms with van der Waals surface area (Å²) in [6.45, 7) is 7.04. The van der Waals surface area contributed by atoms with Crippen LogP contribution in [0.5, 0.6) is 0 Å². The van der Waals surface area contributed by atoms with Gasteiger partial charge in [0.15, 0.2) is 0 Å². The van der Waals surface area contributed by atoms with Gasteiger partial charge in [-0.25, -0.2) is 4.98 Å². The molecule has 96 valence electrons. The number of aromatic nitrogens is 2. The first-order valence-corrected chi connectivity index (χ1v) is 5.92. The number of likely N-dealkylation sites (N-methyl/N-ethyl adjacent to an activating group) is 1. The smallest absolute Gasteiger partial charge is 0.149 e.